The molecule has 2 rings (SSSR count). The predicted octanol–water partition coefficient (Wildman–Crippen LogP) is 8.07. The fourth-order valence-electron chi connectivity index (χ4n) is 3.80. The van der Waals surface area contributed by atoms with E-state index in [1.165, 1.54) is 5.56 Å². The molecule has 0 aliphatic heterocycles. The van der Waals surface area contributed by atoms with E-state index in [4.69, 9.17) is 4.74 Å². The molecular formula is C28H34Br2N2O2. The van der Waals surface area contributed by atoms with E-state index in [1.54, 1.807) is 0 Å². The summed E-state index contributed by atoms with van der Waals surface area (Å²) in [5.41, 5.74) is 5.74. The zero-order valence-electron chi connectivity index (χ0n) is 20.8. The summed E-state index contributed by atoms with van der Waals surface area (Å²) in [6.07, 6.45) is 8.68. The Morgan fingerprint density at radius 2 is 1.65 bits per heavy atom. The van der Waals surface area contributed by atoms with E-state index in [0.717, 1.165) is 20.9 Å². The first-order valence-corrected chi connectivity index (χ1v) is 12.8. The zero-order chi connectivity index (χ0) is 25.4. The first-order chi connectivity index (χ1) is 15.9. The maximum absolute atomic E-state index is 12.2. The molecule has 4 nitrogen and oxygen atoms in total. The lowest BCUT2D eigenvalue weighted by atomic mass is 9.72. The Labute approximate surface area is 220 Å². The molecule has 2 aromatic rings. The third-order valence-electron chi connectivity index (χ3n) is 4.99. The lowest BCUT2D eigenvalue weighted by Crippen LogP contribution is -2.26. The number of rotatable bonds is 9. The molecule has 0 aliphatic carbocycles. The molecule has 0 fully saturated rings. The van der Waals surface area contributed by atoms with Crippen molar-refractivity contribution in [1.82, 2.24) is 5.43 Å². The summed E-state index contributed by atoms with van der Waals surface area (Å²) in [6, 6.07) is 14.2. The molecule has 0 radical (unpaired) electrons. The van der Waals surface area contributed by atoms with Crippen molar-refractivity contribution in [3.8, 4) is 5.75 Å². The van der Waals surface area contributed by atoms with Gasteiger partial charge in [0, 0.05) is 0 Å². The van der Waals surface area contributed by atoms with Crippen molar-refractivity contribution in [3.05, 3.63) is 80.8 Å². The smallest absolute Gasteiger partial charge is 0.277 e. The Morgan fingerprint density at radius 3 is 2.24 bits per heavy atom. The van der Waals surface area contributed by atoms with Crippen LogP contribution in [0.25, 0.3) is 6.08 Å². The molecule has 34 heavy (non-hydrogen) atoms. The zero-order valence-corrected chi connectivity index (χ0v) is 24.0. The first-order valence-electron chi connectivity index (χ1n) is 11.2. The van der Waals surface area contributed by atoms with Crippen molar-refractivity contribution in [2.24, 2.45) is 10.5 Å². The van der Waals surface area contributed by atoms with E-state index in [1.807, 2.05) is 61.6 Å². The van der Waals surface area contributed by atoms with Crippen LogP contribution in [0.4, 0.5) is 0 Å². The summed E-state index contributed by atoms with van der Waals surface area (Å²) in [5.74, 6) is 0.264. The molecule has 0 aliphatic rings. The van der Waals surface area contributed by atoms with Crippen molar-refractivity contribution in [2.75, 3.05) is 6.61 Å². The largest absolute Gasteiger partial charge is 0.481 e. The second kappa shape index (κ2) is 12.5. The van der Waals surface area contributed by atoms with Crippen LogP contribution in [0.15, 0.2) is 74.7 Å². The summed E-state index contributed by atoms with van der Waals surface area (Å²) in [4.78, 5) is 12.2. The van der Waals surface area contributed by atoms with Crippen LogP contribution in [0.2, 0.25) is 0 Å². The highest BCUT2D eigenvalue weighted by Gasteiger charge is 2.28. The topological polar surface area (TPSA) is 50.7 Å². The van der Waals surface area contributed by atoms with Gasteiger partial charge in [0.15, 0.2) is 6.61 Å². The van der Waals surface area contributed by atoms with Crippen LogP contribution >= 0.6 is 31.9 Å². The van der Waals surface area contributed by atoms with Gasteiger partial charge in [-0.3, -0.25) is 4.79 Å². The molecule has 0 aromatic heterocycles. The van der Waals surface area contributed by atoms with Gasteiger partial charge in [0.1, 0.15) is 5.75 Å². The molecule has 182 valence electrons. The van der Waals surface area contributed by atoms with E-state index in [9.17, 15) is 4.79 Å². The number of hydrogen-bond acceptors (Lipinski definition) is 3. The average Bonchev–Trinajstić information content (AvgIpc) is 2.73. The maximum Gasteiger partial charge on any atom is 0.277 e. The summed E-state index contributed by atoms with van der Waals surface area (Å²) >= 11 is 7.21. The molecule has 1 amide bonds. The molecule has 0 spiro atoms. The van der Waals surface area contributed by atoms with Gasteiger partial charge in [0.2, 0.25) is 0 Å². The molecule has 0 atom stereocenters. The van der Waals surface area contributed by atoms with Crippen LogP contribution in [0.3, 0.4) is 0 Å². The lowest BCUT2D eigenvalue weighted by molar-refractivity contribution is -0.123. The number of benzene rings is 2. The number of nitrogens with one attached hydrogen (secondary N) is 1. The number of allylic oxidation sites excluding steroid dienone is 3. The Hall–Kier alpha value is -2.18. The third kappa shape index (κ3) is 9.59. The number of hydrazone groups is 1. The second-order valence-electron chi connectivity index (χ2n) is 10.1. The maximum atomic E-state index is 12.2. The summed E-state index contributed by atoms with van der Waals surface area (Å²) < 4.78 is 7.38. The molecule has 0 heterocycles. The van der Waals surface area contributed by atoms with E-state index in [-0.39, 0.29) is 23.3 Å². The third-order valence-corrected chi connectivity index (χ3v) is 6.17. The van der Waals surface area contributed by atoms with Crippen LogP contribution in [0.5, 0.6) is 5.75 Å². The van der Waals surface area contributed by atoms with Crippen molar-refractivity contribution < 1.29 is 9.53 Å². The van der Waals surface area contributed by atoms with E-state index in [0.29, 0.717) is 11.5 Å². The summed E-state index contributed by atoms with van der Waals surface area (Å²) in [6.45, 7) is 12.9. The number of halogens is 2. The number of hydrogen-bond donors (Lipinski definition) is 1. The molecule has 6 heteroatoms. The van der Waals surface area contributed by atoms with Crippen molar-refractivity contribution in [2.45, 2.75) is 53.4 Å². The molecule has 2 aromatic carbocycles. The van der Waals surface area contributed by atoms with Crippen molar-refractivity contribution in [3.63, 3.8) is 0 Å². The van der Waals surface area contributed by atoms with Crippen LogP contribution in [0.1, 0.15) is 59.1 Å². The van der Waals surface area contributed by atoms with Gasteiger partial charge >= 0.3 is 0 Å². The van der Waals surface area contributed by atoms with Gasteiger partial charge in [-0.15, -0.1) is 0 Å². The normalized spacial score (nSPS) is 13.0. The predicted molar refractivity (Wildman–Crippen MR) is 150 cm³/mol. The minimum atomic E-state index is -0.330. The minimum Gasteiger partial charge on any atom is -0.481 e. The van der Waals surface area contributed by atoms with Gasteiger partial charge in [-0.25, -0.2) is 5.43 Å². The number of carbonyl (C=O) groups excluding carboxylic acids is 1. The van der Waals surface area contributed by atoms with Crippen molar-refractivity contribution in [1.29, 1.82) is 0 Å². The van der Waals surface area contributed by atoms with E-state index >= 15 is 0 Å². The Kier molecular flexibility index (Phi) is 10.3. The highest BCUT2D eigenvalue weighted by atomic mass is 79.9. The van der Waals surface area contributed by atoms with Crippen LogP contribution in [-0.4, -0.2) is 18.2 Å². The molecular weight excluding hydrogens is 556 g/mol. The van der Waals surface area contributed by atoms with E-state index < -0.39 is 0 Å². The summed E-state index contributed by atoms with van der Waals surface area (Å²) in [5, 5.41) is 4.10. The van der Waals surface area contributed by atoms with Crippen LogP contribution in [0, 0.1) is 5.41 Å². The van der Waals surface area contributed by atoms with Gasteiger partial charge in [-0.05, 0) is 85.4 Å². The number of amides is 1. The SMILES string of the molecule is CC(C=CC=Cc1ccccc1)=NNC(=O)COc1c(Br)cc(C(C)(C)CC(C)(C)C)cc1Br. The van der Waals surface area contributed by atoms with Crippen LogP contribution < -0.4 is 10.2 Å². The molecule has 0 saturated heterocycles. The molecule has 0 unspecified atom stereocenters. The Balaban J connectivity index is 1.92. The fraction of sp³-hybridized carbons (Fsp3) is 0.357. The van der Waals surface area contributed by atoms with Gasteiger partial charge in [0.25, 0.3) is 5.91 Å². The molecule has 0 saturated carbocycles. The highest BCUT2D eigenvalue weighted by molar-refractivity contribution is 9.11. The molecule has 0 bridgehead atoms. The molecule has 1 N–H and O–H groups in total. The van der Waals surface area contributed by atoms with Gasteiger partial charge in [-0.2, -0.15) is 5.10 Å². The number of carbonyl (C=O) groups is 1. The monoisotopic (exact) mass is 588 g/mol. The fourth-order valence-corrected chi connectivity index (χ4v) is 5.22. The Bertz CT molecular complexity index is 1040. The highest BCUT2D eigenvalue weighted by Crippen LogP contribution is 2.42. The van der Waals surface area contributed by atoms with E-state index in [2.05, 4.69) is 89.1 Å². The lowest BCUT2D eigenvalue weighted by Gasteiger charge is -2.33. The van der Waals surface area contributed by atoms with Gasteiger partial charge < -0.3 is 4.74 Å². The second-order valence-corrected chi connectivity index (χ2v) is 11.8. The van der Waals surface area contributed by atoms with Crippen LogP contribution in [-0.2, 0) is 10.2 Å². The Morgan fingerprint density at radius 1 is 1.03 bits per heavy atom. The quantitative estimate of drug-likeness (QED) is 0.183. The number of nitrogens with zero attached hydrogens (tertiary/aromatic N) is 1. The van der Waals surface area contributed by atoms with Crippen molar-refractivity contribution >= 4 is 49.6 Å². The average molecular weight is 590 g/mol. The first kappa shape index (κ1) is 28.1. The van der Waals surface area contributed by atoms with Gasteiger partial charge in [0.05, 0.1) is 14.7 Å². The standard InChI is InChI=1S/C28H34Br2N2O2/c1-20(12-10-11-15-21-13-8-7-9-14-21)31-32-25(33)18-34-26-23(29)16-22(17-24(26)30)28(5,6)19-27(2,3)4/h7-17H,18-19H2,1-6H3,(H,32,33). The minimum absolute atomic E-state index is 0.00472. The summed E-state index contributed by atoms with van der Waals surface area (Å²) in [7, 11) is 0. The number of ether oxygens (including phenoxy) is 1. The van der Waals surface area contributed by atoms with Gasteiger partial charge in [-0.1, -0.05) is 83.2 Å².